The first-order valence-corrected chi connectivity index (χ1v) is 14.7. The lowest BCUT2D eigenvalue weighted by molar-refractivity contribution is 0.0734. The van der Waals surface area contributed by atoms with Gasteiger partial charge in [-0.05, 0) is 35.2 Å². The molecule has 220 valence electrons. The average molecular weight is 587 g/mol. The van der Waals surface area contributed by atoms with Crippen LogP contribution in [0, 0.1) is 0 Å². The van der Waals surface area contributed by atoms with Crippen LogP contribution < -0.4 is 16.0 Å². The van der Waals surface area contributed by atoms with Crippen LogP contribution in [0.15, 0.2) is 61.4 Å². The Labute approximate surface area is 252 Å². The summed E-state index contributed by atoms with van der Waals surface area (Å²) < 4.78 is 1.87. The zero-order valence-electron chi connectivity index (χ0n) is 23.9. The highest BCUT2D eigenvalue weighted by molar-refractivity contribution is 5.99. The van der Waals surface area contributed by atoms with Gasteiger partial charge in [-0.25, -0.2) is 29.6 Å². The van der Waals surface area contributed by atoms with Crippen molar-refractivity contribution < 1.29 is 4.79 Å². The molecule has 2 aliphatic heterocycles. The molecular weight excluding hydrogens is 556 g/mol. The summed E-state index contributed by atoms with van der Waals surface area (Å²) in [5.41, 5.74) is 13.3. The molecule has 1 aromatic carbocycles. The second-order valence-corrected chi connectivity index (χ2v) is 11.2. The Balaban J connectivity index is 1.02. The number of piperazine rings is 1. The first-order valence-electron chi connectivity index (χ1n) is 14.7. The number of aromatic amines is 1. The molecule has 1 amide bonds. The highest BCUT2D eigenvalue weighted by Crippen LogP contribution is 2.32. The maximum atomic E-state index is 13.3. The fourth-order valence-electron chi connectivity index (χ4n) is 6.11. The van der Waals surface area contributed by atoms with Crippen molar-refractivity contribution in [1.29, 1.82) is 0 Å². The Bertz CT molecular complexity index is 2010. The van der Waals surface area contributed by atoms with Gasteiger partial charge in [0.15, 0.2) is 5.65 Å². The Morgan fingerprint density at radius 2 is 1.80 bits per heavy atom. The van der Waals surface area contributed by atoms with E-state index in [-0.39, 0.29) is 5.91 Å². The van der Waals surface area contributed by atoms with Crippen molar-refractivity contribution in [3.8, 4) is 11.3 Å². The van der Waals surface area contributed by atoms with Gasteiger partial charge in [-0.3, -0.25) is 4.79 Å². The number of anilines is 2. The summed E-state index contributed by atoms with van der Waals surface area (Å²) in [6.45, 7) is 5.22. The second kappa shape index (κ2) is 10.7. The molecule has 6 aromatic rings. The van der Waals surface area contributed by atoms with E-state index in [0.717, 1.165) is 60.3 Å². The molecule has 0 unspecified atom stereocenters. The van der Waals surface area contributed by atoms with E-state index < -0.39 is 0 Å². The molecule has 13 nitrogen and oxygen atoms in total. The van der Waals surface area contributed by atoms with Crippen molar-refractivity contribution >= 4 is 39.7 Å². The van der Waals surface area contributed by atoms with E-state index in [2.05, 4.69) is 58.3 Å². The van der Waals surface area contributed by atoms with Crippen molar-refractivity contribution in [2.45, 2.75) is 19.5 Å². The molecular formula is C31H30N12O. The zero-order chi connectivity index (χ0) is 29.6. The number of hydrogen-bond donors (Lipinski definition) is 3. The van der Waals surface area contributed by atoms with Gasteiger partial charge in [0, 0.05) is 75.0 Å². The van der Waals surface area contributed by atoms with Gasteiger partial charge in [0.05, 0.1) is 17.5 Å². The third-order valence-electron chi connectivity index (χ3n) is 8.42. The molecule has 13 heteroatoms. The number of nitrogens with two attached hydrogens (primary N) is 1. The van der Waals surface area contributed by atoms with Crippen molar-refractivity contribution in [2.24, 2.45) is 0 Å². The Hall–Kier alpha value is -5.43. The number of rotatable bonds is 5. The van der Waals surface area contributed by atoms with Crippen molar-refractivity contribution in [1.82, 2.24) is 49.9 Å². The molecule has 2 aliphatic rings. The summed E-state index contributed by atoms with van der Waals surface area (Å²) in [6, 6.07) is 10.4. The largest absolute Gasteiger partial charge is 0.383 e. The van der Waals surface area contributed by atoms with Crippen molar-refractivity contribution in [3.63, 3.8) is 0 Å². The number of nitrogen functional groups attached to an aromatic ring is 1. The number of pyridine rings is 1. The lowest BCUT2D eigenvalue weighted by Crippen LogP contribution is -2.44. The van der Waals surface area contributed by atoms with Gasteiger partial charge in [0.1, 0.15) is 23.5 Å². The zero-order valence-corrected chi connectivity index (χ0v) is 23.9. The standard InChI is InChI=1S/C31H30N12O/c32-27-25-26(23-12-21-3-5-34-28(21)35-13-23)40-43(29(25)39-18-38-27)16-19-1-2-22-17-42(8-4-20(22)11-19)30(44)24-14-36-31(37-15-24)41-9-6-33-7-10-41/h1-3,5,11-15,18,33H,4,6-10,16-17H2,(H,34,35)(H2,32,38,39). The summed E-state index contributed by atoms with van der Waals surface area (Å²) in [4.78, 5) is 42.7. The van der Waals surface area contributed by atoms with E-state index in [1.54, 1.807) is 18.6 Å². The normalized spacial score (nSPS) is 15.2. The van der Waals surface area contributed by atoms with E-state index in [4.69, 9.17) is 10.8 Å². The highest BCUT2D eigenvalue weighted by Gasteiger charge is 2.24. The van der Waals surface area contributed by atoms with Crippen LogP contribution in [0.5, 0.6) is 0 Å². The number of amides is 1. The van der Waals surface area contributed by atoms with Crippen molar-refractivity contribution in [3.05, 3.63) is 83.7 Å². The molecule has 0 spiro atoms. The van der Waals surface area contributed by atoms with Crippen LogP contribution in [0.1, 0.15) is 27.0 Å². The Morgan fingerprint density at radius 3 is 2.66 bits per heavy atom. The van der Waals surface area contributed by atoms with Gasteiger partial charge in [-0.15, -0.1) is 0 Å². The van der Waals surface area contributed by atoms with Gasteiger partial charge in [0.2, 0.25) is 5.95 Å². The number of benzene rings is 1. The molecule has 0 aliphatic carbocycles. The number of carbonyl (C=O) groups is 1. The van der Waals surface area contributed by atoms with Crippen LogP contribution in [0.25, 0.3) is 33.3 Å². The number of aromatic nitrogens is 8. The summed E-state index contributed by atoms with van der Waals surface area (Å²) >= 11 is 0. The van der Waals surface area contributed by atoms with E-state index in [1.165, 1.54) is 11.9 Å². The van der Waals surface area contributed by atoms with E-state index >= 15 is 0 Å². The molecule has 1 fully saturated rings. The molecule has 7 heterocycles. The minimum absolute atomic E-state index is 0.0493. The summed E-state index contributed by atoms with van der Waals surface area (Å²) in [7, 11) is 0. The van der Waals surface area contributed by atoms with Crippen LogP contribution in [-0.4, -0.2) is 83.2 Å². The Morgan fingerprint density at radius 1 is 0.932 bits per heavy atom. The molecule has 1 saturated heterocycles. The van der Waals surface area contributed by atoms with Crippen LogP contribution in [-0.2, 0) is 19.5 Å². The van der Waals surface area contributed by atoms with E-state index in [1.807, 2.05) is 27.9 Å². The molecule has 0 saturated carbocycles. The summed E-state index contributed by atoms with van der Waals surface area (Å²) in [5, 5.41) is 9.96. The van der Waals surface area contributed by atoms with Gasteiger partial charge >= 0.3 is 0 Å². The fraction of sp³-hybridized carbons (Fsp3) is 0.258. The van der Waals surface area contributed by atoms with Crippen LogP contribution in [0.3, 0.4) is 0 Å². The smallest absolute Gasteiger partial charge is 0.257 e. The summed E-state index contributed by atoms with van der Waals surface area (Å²) in [5.74, 6) is 1.00. The molecule has 0 atom stereocenters. The molecule has 0 bridgehead atoms. The number of carbonyl (C=O) groups excluding carboxylic acids is 1. The molecule has 4 N–H and O–H groups in total. The predicted octanol–water partition coefficient (Wildman–Crippen LogP) is 2.40. The second-order valence-electron chi connectivity index (χ2n) is 11.2. The van der Waals surface area contributed by atoms with Gasteiger partial charge < -0.3 is 25.8 Å². The first-order chi connectivity index (χ1) is 21.6. The number of hydrogen-bond acceptors (Lipinski definition) is 10. The monoisotopic (exact) mass is 586 g/mol. The SMILES string of the molecule is Nc1ncnc2c1c(-c1cnc3[nH]ccc3c1)nn2Cc1ccc2c(c1)CCN(C(=O)c1cnc(N3CCNCC3)nc1)C2. The average Bonchev–Trinajstić information content (AvgIpc) is 3.70. The van der Waals surface area contributed by atoms with E-state index in [9.17, 15) is 4.79 Å². The lowest BCUT2D eigenvalue weighted by atomic mass is 9.97. The number of fused-ring (bicyclic) bond motifs is 3. The van der Waals surface area contributed by atoms with Gasteiger partial charge in [-0.1, -0.05) is 18.2 Å². The van der Waals surface area contributed by atoms with Crippen molar-refractivity contribution in [2.75, 3.05) is 43.4 Å². The highest BCUT2D eigenvalue weighted by atomic mass is 16.2. The number of nitrogens with zero attached hydrogens (tertiary/aromatic N) is 9. The minimum atomic E-state index is -0.0493. The first kappa shape index (κ1) is 26.2. The van der Waals surface area contributed by atoms with Crippen LogP contribution in [0.2, 0.25) is 0 Å². The van der Waals surface area contributed by atoms with Crippen LogP contribution in [0.4, 0.5) is 11.8 Å². The minimum Gasteiger partial charge on any atom is -0.383 e. The maximum Gasteiger partial charge on any atom is 0.257 e. The topological polar surface area (TPSA) is 160 Å². The van der Waals surface area contributed by atoms with Crippen LogP contribution >= 0.6 is 0 Å². The van der Waals surface area contributed by atoms with E-state index in [0.29, 0.717) is 53.7 Å². The molecule has 0 radical (unpaired) electrons. The molecule has 5 aromatic heterocycles. The Kier molecular flexibility index (Phi) is 6.37. The third-order valence-corrected chi connectivity index (χ3v) is 8.42. The van der Waals surface area contributed by atoms with Gasteiger partial charge in [-0.2, -0.15) is 5.10 Å². The third kappa shape index (κ3) is 4.67. The summed E-state index contributed by atoms with van der Waals surface area (Å²) in [6.07, 6.45) is 9.18. The lowest BCUT2D eigenvalue weighted by Gasteiger charge is -2.30. The maximum absolute atomic E-state index is 13.3. The molecule has 8 rings (SSSR count). The predicted molar refractivity (Wildman–Crippen MR) is 166 cm³/mol. The number of nitrogens with one attached hydrogen (secondary N) is 2. The van der Waals surface area contributed by atoms with Gasteiger partial charge in [0.25, 0.3) is 5.91 Å². The fourth-order valence-corrected chi connectivity index (χ4v) is 6.11. The quantitative estimate of drug-likeness (QED) is 0.274. The number of H-pyrrole nitrogens is 1. The molecule has 44 heavy (non-hydrogen) atoms.